The highest BCUT2D eigenvalue weighted by Crippen LogP contribution is 2.22. The molecule has 1 atom stereocenters. The van der Waals surface area contributed by atoms with E-state index in [9.17, 15) is 4.79 Å². The molecule has 2 rings (SSSR count). The third kappa shape index (κ3) is 4.03. The van der Waals surface area contributed by atoms with E-state index in [-0.39, 0.29) is 12.0 Å². The van der Waals surface area contributed by atoms with Crippen LogP contribution in [0.1, 0.15) is 50.7 Å². The van der Waals surface area contributed by atoms with Gasteiger partial charge in [0.05, 0.1) is 20.1 Å². The van der Waals surface area contributed by atoms with Gasteiger partial charge in [0.1, 0.15) is 0 Å². The van der Waals surface area contributed by atoms with E-state index in [4.69, 9.17) is 9.26 Å². The summed E-state index contributed by atoms with van der Waals surface area (Å²) in [6.07, 6.45) is 5.61. The Bertz CT molecular complexity index is 433. The molecule has 1 aromatic heterocycles. The van der Waals surface area contributed by atoms with Crippen LogP contribution in [0.25, 0.3) is 0 Å². The van der Waals surface area contributed by atoms with Crippen LogP contribution >= 0.6 is 0 Å². The Labute approximate surface area is 119 Å². The molecule has 2 heterocycles. The number of ether oxygens (including phenoxy) is 1. The maximum atomic E-state index is 11.5. The second kappa shape index (κ2) is 7.38. The Morgan fingerprint density at radius 1 is 1.50 bits per heavy atom. The molecule has 1 aliphatic rings. The van der Waals surface area contributed by atoms with Crippen molar-refractivity contribution in [3.8, 4) is 0 Å². The lowest BCUT2D eigenvalue weighted by atomic mass is 9.99. The van der Waals surface area contributed by atoms with Gasteiger partial charge in [-0.25, -0.2) is 0 Å². The summed E-state index contributed by atoms with van der Waals surface area (Å²) >= 11 is 0. The Kier molecular flexibility index (Phi) is 5.52. The largest absolute Gasteiger partial charge is 0.469 e. The van der Waals surface area contributed by atoms with Crippen molar-refractivity contribution in [1.29, 1.82) is 0 Å². The average molecular weight is 281 g/mol. The Hall–Kier alpha value is -1.43. The van der Waals surface area contributed by atoms with Crippen LogP contribution in [0.2, 0.25) is 0 Å². The number of aromatic nitrogens is 2. The van der Waals surface area contributed by atoms with Crippen molar-refractivity contribution < 1.29 is 14.1 Å². The summed E-state index contributed by atoms with van der Waals surface area (Å²) in [7, 11) is 1.44. The molecule has 6 heteroatoms. The van der Waals surface area contributed by atoms with Crippen molar-refractivity contribution in [3.63, 3.8) is 0 Å². The highest BCUT2D eigenvalue weighted by molar-refractivity contribution is 5.69. The van der Waals surface area contributed by atoms with Crippen LogP contribution in [0.15, 0.2) is 4.52 Å². The van der Waals surface area contributed by atoms with Crippen molar-refractivity contribution in [2.24, 2.45) is 0 Å². The summed E-state index contributed by atoms with van der Waals surface area (Å²) in [6, 6.07) is 0.220. The summed E-state index contributed by atoms with van der Waals surface area (Å²) in [5.74, 6) is 1.26. The molecule has 0 aliphatic carbocycles. The topological polar surface area (TPSA) is 68.5 Å². The Balaban J connectivity index is 1.95. The molecule has 0 bridgehead atoms. The molecule has 1 aliphatic heterocycles. The quantitative estimate of drug-likeness (QED) is 0.742. The predicted octanol–water partition coefficient (Wildman–Crippen LogP) is 1.94. The molecular formula is C14H23N3O3. The SMILES string of the molecule is CCCc1noc(CN2CCCCC2CC(=O)OC)n1. The van der Waals surface area contributed by atoms with Crippen LogP contribution in [-0.2, 0) is 22.5 Å². The second-order valence-corrected chi connectivity index (χ2v) is 5.25. The molecule has 0 N–H and O–H groups in total. The molecule has 1 fully saturated rings. The maximum Gasteiger partial charge on any atom is 0.307 e. The lowest BCUT2D eigenvalue weighted by Gasteiger charge is -2.33. The molecule has 20 heavy (non-hydrogen) atoms. The number of hydrogen-bond acceptors (Lipinski definition) is 6. The molecule has 0 spiro atoms. The first-order chi connectivity index (χ1) is 9.72. The third-order valence-corrected chi connectivity index (χ3v) is 3.70. The van der Waals surface area contributed by atoms with Gasteiger partial charge >= 0.3 is 5.97 Å². The number of likely N-dealkylation sites (tertiary alicyclic amines) is 1. The number of carbonyl (C=O) groups excluding carboxylic acids is 1. The highest BCUT2D eigenvalue weighted by Gasteiger charge is 2.26. The van der Waals surface area contributed by atoms with Crippen LogP contribution in [0.3, 0.4) is 0 Å². The van der Waals surface area contributed by atoms with Gasteiger partial charge in [0, 0.05) is 12.5 Å². The van der Waals surface area contributed by atoms with E-state index in [1.54, 1.807) is 0 Å². The number of methoxy groups -OCH3 is 1. The van der Waals surface area contributed by atoms with E-state index >= 15 is 0 Å². The molecule has 6 nitrogen and oxygen atoms in total. The summed E-state index contributed by atoms with van der Waals surface area (Å²) in [5, 5.41) is 3.97. The summed E-state index contributed by atoms with van der Waals surface area (Å²) in [5.41, 5.74) is 0. The molecule has 112 valence electrons. The number of esters is 1. The minimum Gasteiger partial charge on any atom is -0.469 e. The molecule has 0 radical (unpaired) electrons. The molecule has 1 aromatic rings. The van der Waals surface area contributed by atoms with Gasteiger partial charge in [0.15, 0.2) is 5.82 Å². The number of rotatable bonds is 6. The average Bonchev–Trinajstić information content (AvgIpc) is 2.88. The number of aryl methyl sites for hydroxylation is 1. The molecule has 0 amide bonds. The zero-order chi connectivity index (χ0) is 14.4. The third-order valence-electron chi connectivity index (χ3n) is 3.70. The summed E-state index contributed by atoms with van der Waals surface area (Å²) in [6.45, 7) is 3.68. The standard InChI is InChI=1S/C14H23N3O3/c1-3-6-12-15-13(20-16-12)10-17-8-5-4-7-11(17)9-14(18)19-2/h11H,3-10H2,1-2H3. The van der Waals surface area contributed by atoms with Crippen LogP contribution < -0.4 is 0 Å². The van der Waals surface area contributed by atoms with E-state index in [1.165, 1.54) is 7.11 Å². The van der Waals surface area contributed by atoms with Crippen molar-refractivity contribution >= 4 is 5.97 Å². The monoisotopic (exact) mass is 281 g/mol. The first-order valence-corrected chi connectivity index (χ1v) is 7.35. The number of hydrogen-bond donors (Lipinski definition) is 0. The molecular weight excluding hydrogens is 258 g/mol. The van der Waals surface area contributed by atoms with Gasteiger partial charge in [-0.2, -0.15) is 4.98 Å². The first-order valence-electron chi connectivity index (χ1n) is 7.35. The van der Waals surface area contributed by atoms with Crippen LogP contribution in [0, 0.1) is 0 Å². The summed E-state index contributed by atoms with van der Waals surface area (Å²) < 4.78 is 10.1. The van der Waals surface area contributed by atoms with Crippen molar-refractivity contribution in [3.05, 3.63) is 11.7 Å². The van der Waals surface area contributed by atoms with Gasteiger partial charge in [-0.05, 0) is 25.8 Å². The predicted molar refractivity (Wildman–Crippen MR) is 73.0 cm³/mol. The number of nitrogens with zero attached hydrogens (tertiary/aromatic N) is 3. The van der Waals surface area contributed by atoms with E-state index in [2.05, 4.69) is 22.0 Å². The molecule has 1 saturated heterocycles. The lowest BCUT2D eigenvalue weighted by Crippen LogP contribution is -2.40. The van der Waals surface area contributed by atoms with E-state index < -0.39 is 0 Å². The van der Waals surface area contributed by atoms with Crippen LogP contribution in [0.5, 0.6) is 0 Å². The molecule has 0 saturated carbocycles. The van der Waals surface area contributed by atoms with Crippen molar-refractivity contribution in [2.75, 3.05) is 13.7 Å². The van der Waals surface area contributed by atoms with Gasteiger partial charge < -0.3 is 9.26 Å². The van der Waals surface area contributed by atoms with E-state index in [0.717, 1.165) is 44.5 Å². The van der Waals surface area contributed by atoms with Gasteiger partial charge in [0.2, 0.25) is 5.89 Å². The fourth-order valence-electron chi connectivity index (χ4n) is 2.63. The second-order valence-electron chi connectivity index (χ2n) is 5.25. The van der Waals surface area contributed by atoms with E-state index in [1.807, 2.05) is 0 Å². The Morgan fingerprint density at radius 3 is 3.10 bits per heavy atom. The van der Waals surface area contributed by atoms with Crippen LogP contribution in [-0.4, -0.2) is 40.7 Å². The zero-order valence-corrected chi connectivity index (χ0v) is 12.3. The van der Waals surface area contributed by atoms with Gasteiger partial charge in [-0.15, -0.1) is 0 Å². The van der Waals surface area contributed by atoms with Crippen molar-refractivity contribution in [1.82, 2.24) is 15.0 Å². The molecule has 1 unspecified atom stereocenters. The maximum absolute atomic E-state index is 11.5. The summed E-state index contributed by atoms with van der Waals surface area (Å²) in [4.78, 5) is 18.1. The first kappa shape index (κ1) is 15.0. The Morgan fingerprint density at radius 2 is 2.35 bits per heavy atom. The van der Waals surface area contributed by atoms with Crippen LogP contribution in [0.4, 0.5) is 0 Å². The minimum absolute atomic E-state index is 0.154. The highest BCUT2D eigenvalue weighted by atomic mass is 16.5. The smallest absolute Gasteiger partial charge is 0.307 e. The van der Waals surface area contributed by atoms with Gasteiger partial charge in [-0.1, -0.05) is 18.5 Å². The normalized spacial score (nSPS) is 20.0. The fourth-order valence-corrected chi connectivity index (χ4v) is 2.63. The van der Waals surface area contributed by atoms with Crippen molar-refractivity contribution in [2.45, 2.75) is 58.0 Å². The zero-order valence-electron chi connectivity index (χ0n) is 12.3. The van der Waals surface area contributed by atoms with Gasteiger partial charge in [0.25, 0.3) is 0 Å². The fraction of sp³-hybridized carbons (Fsp3) is 0.786. The number of piperidine rings is 1. The minimum atomic E-state index is -0.154. The number of carbonyl (C=O) groups is 1. The molecule has 0 aromatic carbocycles. The lowest BCUT2D eigenvalue weighted by molar-refractivity contribution is -0.142. The van der Waals surface area contributed by atoms with Gasteiger partial charge in [-0.3, -0.25) is 9.69 Å². The van der Waals surface area contributed by atoms with E-state index in [0.29, 0.717) is 18.9 Å².